The monoisotopic (exact) mass is 296 g/mol. The van der Waals surface area contributed by atoms with Crippen LogP contribution in [0.3, 0.4) is 0 Å². The van der Waals surface area contributed by atoms with Crippen LogP contribution >= 0.6 is 0 Å². The summed E-state index contributed by atoms with van der Waals surface area (Å²) in [5.74, 6) is -1.15. The second-order valence-electron chi connectivity index (χ2n) is 5.91. The van der Waals surface area contributed by atoms with Crippen molar-refractivity contribution in [2.75, 3.05) is 7.05 Å². The maximum atomic E-state index is 13.8. The first-order valence-electron chi connectivity index (χ1n) is 7.37. The summed E-state index contributed by atoms with van der Waals surface area (Å²) in [5.41, 5.74) is 6.11. The fourth-order valence-electron chi connectivity index (χ4n) is 2.97. The van der Waals surface area contributed by atoms with Crippen LogP contribution < -0.4 is 5.73 Å². The number of carbonyl (C=O) groups excluding carboxylic acids is 1. The molecular weight excluding hydrogens is 274 g/mol. The van der Waals surface area contributed by atoms with Gasteiger partial charge in [-0.15, -0.1) is 0 Å². The van der Waals surface area contributed by atoms with E-state index in [1.54, 1.807) is 14.0 Å². The number of nitrogens with zero attached hydrogens (tertiary/aromatic N) is 1. The third-order valence-electron chi connectivity index (χ3n) is 4.40. The van der Waals surface area contributed by atoms with E-state index >= 15 is 0 Å². The minimum absolute atomic E-state index is 0.0405. The largest absolute Gasteiger partial charge is 0.339 e. The molecule has 2 rings (SSSR count). The van der Waals surface area contributed by atoms with Crippen molar-refractivity contribution in [2.24, 2.45) is 11.7 Å². The van der Waals surface area contributed by atoms with Crippen molar-refractivity contribution < 1.29 is 13.6 Å². The number of hydrogen-bond acceptors (Lipinski definition) is 2. The molecule has 0 bridgehead atoms. The SMILES string of the molecule is C[C@H](c1cc(F)ccc1F)N(C)C(=O)[C@H]1CCC[C@@H](N)C1. The molecule has 0 radical (unpaired) electrons. The van der Waals surface area contributed by atoms with Crippen LogP contribution in [0.2, 0.25) is 0 Å². The fourth-order valence-corrected chi connectivity index (χ4v) is 2.97. The van der Waals surface area contributed by atoms with Gasteiger partial charge in [-0.05, 0) is 44.4 Å². The summed E-state index contributed by atoms with van der Waals surface area (Å²) in [5, 5.41) is 0. The van der Waals surface area contributed by atoms with Crippen LogP contribution in [0.25, 0.3) is 0 Å². The van der Waals surface area contributed by atoms with Gasteiger partial charge in [-0.1, -0.05) is 6.42 Å². The lowest BCUT2D eigenvalue weighted by Crippen LogP contribution is -2.40. The molecule has 0 unspecified atom stereocenters. The molecule has 1 aliphatic rings. The van der Waals surface area contributed by atoms with Gasteiger partial charge in [-0.3, -0.25) is 4.79 Å². The highest BCUT2D eigenvalue weighted by molar-refractivity contribution is 5.79. The second-order valence-corrected chi connectivity index (χ2v) is 5.91. The third kappa shape index (κ3) is 3.59. The average molecular weight is 296 g/mol. The normalized spacial score (nSPS) is 23.7. The first-order valence-corrected chi connectivity index (χ1v) is 7.37. The zero-order chi connectivity index (χ0) is 15.6. The van der Waals surface area contributed by atoms with Gasteiger partial charge < -0.3 is 10.6 Å². The van der Waals surface area contributed by atoms with Gasteiger partial charge in [0.25, 0.3) is 0 Å². The zero-order valence-corrected chi connectivity index (χ0v) is 12.5. The van der Waals surface area contributed by atoms with E-state index in [-0.39, 0.29) is 23.4 Å². The molecule has 1 fully saturated rings. The molecule has 1 aromatic rings. The highest BCUT2D eigenvalue weighted by atomic mass is 19.1. The summed E-state index contributed by atoms with van der Waals surface area (Å²) in [4.78, 5) is 14.0. The van der Waals surface area contributed by atoms with E-state index in [0.29, 0.717) is 6.42 Å². The van der Waals surface area contributed by atoms with Gasteiger partial charge in [0.1, 0.15) is 11.6 Å². The Morgan fingerprint density at radius 3 is 2.76 bits per heavy atom. The lowest BCUT2D eigenvalue weighted by Gasteiger charge is -2.32. The maximum Gasteiger partial charge on any atom is 0.225 e. The first kappa shape index (κ1) is 15.9. The lowest BCUT2D eigenvalue weighted by atomic mass is 9.85. The summed E-state index contributed by atoms with van der Waals surface area (Å²) >= 11 is 0. The topological polar surface area (TPSA) is 46.3 Å². The Morgan fingerprint density at radius 1 is 1.38 bits per heavy atom. The number of halogens is 2. The van der Waals surface area contributed by atoms with Crippen molar-refractivity contribution in [2.45, 2.75) is 44.7 Å². The molecule has 1 aromatic carbocycles. The summed E-state index contributed by atoms with van der Waals surface area (Å²) in [7, 11) is 1.64. The number of nitrogens with two attached hydrogens (primary N) is 1. The van der Waals surface area contributed by atoms with E-state index in [2.05, 4.69) is 0 Å². The van der Waals surface area contributed by atoms with E-state index in [1.165, 1.54) is 4.90 Å². The van der Waals surface area contributed by atoms with Crippen LogP contribution in [0.1, 0.15) is 44.2 Å². The predicted molar refractivity (Wildman–Crippen MR) is 77.5 cm³/mol. The molecule has 21 heavy (non-hydrogen) atoms. The number of benzene rings is 1. The Bertz CT molecular complexity index is 521. The maximum absolute atomic E-state index is 13.8. The number of carbonyl (C=O) groups is 1. The molecule has 0 saturated heterocycles. The van der Waals surface area contributed by atoms with Crippen molar-refractivity contribution in [3.05, 3.63) is 35.4 Å². The molecule has 1 aliphatic carbocycles. The molecule has 0 heterocycles. The van der Waals surface area contributed by atoms with E-state index in [1.807, 2.05) is 0 Å². The summed E-state index contributed by atoms with van der Waals surface area (Å²) in [6.07, 6.45) is 3.37. The number of hydrogen-bond donors (Lipinski definition) is 1. The van der Waals surface area contributed by atoms with Crippen LogP contribution in [0.15, 0.2) is 18.2 Å². The molecule has 1 amide bonds. The van der Waals surface area contributed by atoms with Gasteiger partial charge in [0.05, 0.1) is 6.04 Å². The Kier molecular flexibility index (Phi) is 4.93. The van der Waals surface area contributed by atoms with Crippen LogP contribution in [0.5, 0.6) is 0 Å². The van der Waals surface area contributed by atoms with E-state index < -0.39 is 17.7 Å². The minimum Gasteiger partial charge on any atom is -0.339 e. The highest BCUT2D eigenvalue weighted by Gasteiger charge is 2.30. The summed E-state index contributed by atoms with van der Waals surface area (Å²) < 4.78 is 27.1. The number of rotatable bonds is 3. The van der Waals surface area contributed by atoms with Gasteiger partial charge >= 0.3 is 0 Å². The van der Waals surface area contributed by atoms with Gasteiger partial charge in [0, 0.05) is 24.6 Å². The Labute approximate surface area is 124 Å². The molecule has 3 nitrogen and oxygen atoms in total. The molecule has 5 heteroatoms. The number of amides is 1. The molecule has 0 spiro atoms. The van der Waals surface area contributed by atoms with Gasteiger partial charge in [0.2, 0.25) is 5.91 Å². The second kappa shape index (κ2) is 6.52. The highest BCUT2D eigenvalue weighted by Crippen LogP contribution is 2.29. The van der Waals surface area contributed by atoms with Crippen LogP contribution in [0.4, 0.5) is 8.78 Å². The average Bonchev–Trinajstić information content (AvgIpc) is 2.47. The molecule has 0 aromatic heterocycles. The van der Waals surface area contributed by atoms with Crippen molar-refractivity contribution >= 4 is 5.91 Å². The van der Waals surface area contributed by atoms with Gasteiger partial charge in [-0.2, -0.15) is 0 Å². The smallest absolute Gasteiger partial charge is 0.225 e. The fraction of sp³-hybridized carbons (Fsp3) is 0.562. The molecule has 0 aliphatic heterocycles. The zero-order valence-electron chi connectivity index (χ0n) is 12.5. The van der Waals surface area contributed by atoms with Gasteiger partial charge in [-0.25, -0.2) is 8.78 Å². The van der Waals surface area contributed by atoms with E-state index in [4.69, 9.17) is 5.73 Å². The van der Waals surface area contributed by atoms with E-state index in [0.717, 1.165) is 37.5 Å². The van der Waals surface area contributed by atoms with Crippen LogP contribution in [-0.2, 0) is 4.79 Å². The molecular formula is C16H22F2N2O. The minimum atomic E-state index is -0.508. The van der Waals surface area contributed by atoms with Crippen molar-refractivity contribution in [3.63, 3.8) is 0 Å². The first-order chi connectivity index (χ1) is 9.90. The van der Waals surface area contributed by atoms with Crippen LogP contribution in [-0.4, -0.2) is 23.9 Å². The van der Waals surface area contributed by atoms with Crippen LogP contribution in [0, 0.1) is 17.6 Å². The standard InChI is InChI=1S/C16H22F2N2O/c1-10(14-9-12(17)6-7-15(14)18)20(2)16(21)11-4-3-5-13(19)8-11/h6-7,9-11,13H,3-5,8,19H2,1-2H3/t10-,11+,13-/m1/s1. The molecule has 2 N–H and O–H groups in total. The summed E-state index contributed by atoms with van der Waals surface area (Å²) in [6.45, 7) is 1.71. The quantitative estimate of drug-likeness (QED) is 0.932. The van der Waals surface area contributed by atoms with Gasteiger partial charge in [0.15, 0.2) is 0 Å². The van der Waals surface area contributed by atoms with Crippen molar-refractivity contribution in [1.82, 2.24) is 4.90 Å². The molecule has 116 valence electrons. The van der Waals surface area contributed by atoms with E-state index in [9.17, 15) is 13.6 Å². The van der Waals surface area contributed by atoms with Crippen molar-refractivity contribution in [1.29, 1.82) is 0 Å². The Balaban J connectivity index is 2.12. The predicted octanol–water partition coefficient (Wildman–Crippen LogP) is 3.00. The van der Waals surface area contributed by atoms with Crippen molar-refractivity contribution in [3.8, 4) is 0 Å². The lowest BCUT2D eigenvalue weighted by molar-refractivity contribution is -0.137. The Morgan fingerprint density at radius 2 is 2.10 bits per heavy atom. The molecule has 1 saturated carbocycles. The molecule has 3 atom stereocenters. The Hall–Kier alpha value is -1.49. The summed E-state index contributed by atoms with van der Waals surface area (Å²) in [6, 6.07) is 2.87. The third-order valence-corrected chi connectivity index (χ3v) is 4.40.